The number of benzene rings is 1. The third kappa shape index (κ3) is 4.92. The van der Waals surface area contributed by atoms with Crippen LogP contribution in [0, 0.1) is 5.82 Å². The van der Waals surface area contributed by atoms with E-state index in [0.29, 0.717) is 48.1 Å². The summed E-state index contributed by atoms with van der Waals surface area (Å²) in [6, 6.07) is 6.48. The number of amides is 1. The van der Waals surface area contributed by atoms with Crippen LogP contribution in [0.5, 0.6) is 11.5 Å². The number of nitrogens with zero attached hydrogens (tertiary/aromatic N) is 1. The molecule has 3 N–H and O–H groups in total. The molecule has 0 aliphatic carbocycles. The first-order chi connectivity index (χ1) is 17.6. The van der Waals surface area contributed by atoms with E-state index in [9.17, 15) is 9.18 Å². The van der Waals surface area contributed by atoms with E-state index in [1.165, 1.54) is 18.7 Å². The van der Waals surface area contributed by atoms with Gasteiger partial charge in [-0.05, 0) is 0 Å². The Labute approximate surface area is 219 Å². The summed E-state index contributed by atoms with van der Waals surface area (Å²) in [6.07, 6.45) is 7.13. The van der Waals surface area contributed by atoms with Gasteiger partial charge in [-0.1, -0.05) is 0 Å². The van der Waals surface area contributed by atoms with Gasteiger partial charge in [0.25, 0.3) is 0 Å². The standard InChI is InChI=1S/C26H27FIN4O4/c1-15-5-4-11-35-20-14-29-10-8-16(20)22-24(31-19-7-3-6-17(27)25(19)34-2)21-23(32-22)18(13-30-26(21)33)28-36-12-9-15/h3,5-8,10,14,18,31-32H,4,9,11-13H2,1-2H3,(H,30,33)/q-1/b15-5+. The summed E-state index contributed by atoms with van der Waals surface area (Å²) < 4.78 is 32.1. The summed E-state index contributed by atoms with van der Waals surface area (Å²) in [4.78, 5) is 21.0. The number of fused-ring (bicyclic) bond motifs is 3. The molecule has 1 atom stereocenters. The number of rotatable bonds is 3. The Balaban J connectivity index is 1.67. The van der Waals surface area contributed by atoms with Gasteiger partial charge in [-0.15, -0.1) is 0 Å². The molecule has 1 amide bonds. The first kappa shape index (κ1) is 24.6. The van der Waals surface area contributed by atoms with Gasteiger partial charge < -0.3 is 0 Å². The molecular formula is C26H27FIN4O4-. The van der Waals surface area contributed by atoms with Crippen molar-refractivity contribution in [2.75, 3.05) is 32.2 Å². The summed E-state index contributed by atoms with van der Waals surface area (Å²) in [7, 11) is 1.41. The van der Waals surface area contributed by atoms with Gasteiger partial charge in [-0.25, -0.2) is 0 Å². The van der Waals surface area contributed by atoms with Crippen molar-refractivity contribution >= 4 is 17.3 Å². The van der Waals surface area contributed by atoms with Gasteiger partial charge >= 0.3 is 220 Å². The molecule has 1 aromatic carbocycles. The minimum absolute atomic E-state index is 0.0285. The molecule has 1 unspecified atom stereocenters. The van der Waals surface area contributed by atoms with Gasteiger partial charge in [0.05, 0.1) is 0 Å². The SMILES string of the molecule is COc1c(F)cccc1Nc1c2[nH]c3c1C(=O)NCC3[I-]OCC/C(C)=C/CCOc1cnccc1-2. The molecule has 0 saturated carbocycles. The van der Waals surface area contributed by atoms with E-state index in [0.717, 1.165) is 24.1 Å². The number of hydrogen-bond acceptors (Lipinski definition) is 6. The topological polar surface area (TPSA) is 97.5 Å². The number of halogens is 2. The zero-order valence-corrected chi connectivity index (χ0v) is 22.1. The van der Waals surface area contributed by atoms with Crippen LogP contribution in [0.4, 0.5) is 15.8 Å². The molecule has 2 aliphatic heterocycles. The molecule has 2 bridgehead atoms. The second-order valence-corrected chi connectivity index (χ2v) is 11.1. The van der Waals surface area contributed by atoms with E-state index >= 15 is 0 Å². The van der Waals surface area contributed by atoms with E-state index in [1.54, 1.807) is 24.5 Å². The normalized spacial score (nSPS) is 19.7. The first-order valence-electron chi connectivity index (χ1n) is 11.7. The number of alkyl halides is 1. The summed E-state index contributed by atoms with van der Waals surface area (Å²) in [5, 5.41) is 6.30. The van der Waals surface area contributed by atoms with Gasteiger partial charge in [-0.3, -0.25) is 0 Å². The molecule has 2 aliphatic rings. The summed E-state index contributed by atoms with van der Waals surface area (Å²) in [5.74, 6) is -0.0468. The quantitative estimate of drug-likeness (QED) is 0.240. The summed E-state index contributed by atoms with van der Waals surface area (Å²) in [6.45, 7) is 3.72. The van der Waals surface area contributed by atoms with Crippen molar-refractivity contribution in [3.05, 3.63) is 65.4 Å². The molecule has 4 heterocycles. The number of anilines is 2. The van der Waals surface area contributed by atoms with Crippen LogP contribution >= 0.6 is 0 Å². The fraction of sp³-hybridized carbons (Fsp3) is 0.308. The molecule has 5 rings (SSSR count). The van der Waals surface area contributed by atoms with Gasteiger partial charge in [0.15, 0.2) is 0 Å². The van der Waals surface area contributed by atoms with Crippen molar-refractivity contribution in [1.29, 1.82) is 0 Å². The van der Waals surface area contributed by atoms with Crippen molar-refractivity contribution in [2.45, 2.75) is 23.7 Å². The molecule has 8 nitrogen and oxygen atoms in total. The van der Waals surface area contributed by atoms with E-state index in [2.05, 4.69) is 33.6 Å². The number of carbonyl (C=O) groups excluding carboxylic acids is 1. The molecule has 190 valence electrons. The molecule has 0 spiro atoms. The van der Waals surface area contributed by atoms with Crippen LogP contribution in [0.15, 0.2) is 48.3 Å². The van der Waals surface area contributed by atoms with E-state index in [4.69, 9.17) is 12.5 Å². The van der Waals surface area contributed by atoms with Crippen LogP contribution in [-0.2, 0) is 3.07 Å². The van der Waals surface area contributed by atoms with E-state index in [-0.39, 0.29) is 15.6 Å². The Kier molecular flexibility index (Phi) is 7.42. The van der Waals surface area contributed by atoms with Crippen LogP contribution in [-0.4, -0.2) is 42.7 Å². The monoisotopic (exact) mass is 605 g/mol. The predicted octanol–water partition coefficient (Wildman–Crippen LogP) is 1.89. The Morgan fingerprint density at radius 3 is 3.03 bits per heavy atom. The number of H-pyrrole nitrogens is 1. The number of methoxy groups -OCH3 is 1. The number of hydrogen-bond donors (Lipinski definition) is 3. The number of ether oxygens (including phenoxy) is 2. The van der Waals surface area contributed by atoms with Crippen molar-refractivity contribution in [3.63, 3.8) is 0 Å². The van der Waals surface area contributed by atoms with Crippen LogP contribution in [0.25, 0.3) is 11.3 Å². The maximum atomic E-state index is 14.5. The predicted molar refractivity (Wildman–Crippen MR) is 130 cm³/mol. The molecule has 0 fully saturated rings. The molecule has 0 radical (unpaired) electrons. The summed E-state index contributed by atoms with van der Waals surface area (Å²) in [5.41, 5.74) is 4.91. The number of aromatic nitrogens is 2. The van der Waals surface area contributed by atoms with Gasteiger partial charge in [0, 0.05) is 0 Å². The van der Waals surface area contributed by atoms with Crippen molar-refractivity contribution in [2.24, 2.45) is 0 Å². The molecule has 0 saturated heterocycles. The molecule has 3 aromatic rings. The Bertz CT molecular complexity index is 1310. The molecule has 10 heteroatoms. The van der Waals surface area contributed by atoms with E-state index < -0.39 is 27.4 Å². The Morgan fingerprint density at radius 1 is 1.28 bits per heavy atom. The fourth-order valence-electron chi connectivity index (χ4n) is 4.31. The first-order valence-corrected chi connectivity index (χ1v) is 13.8. The minimum atomic E-state index is -0.713. The molecule has 2 aromatic heterocycles. The number of nitrogens with one attached hydrogen (secondary N) is 3. The Hall–Kier alpha value is -3.12. The Morgan fingerprint density at radius 2 is 2.17 bits per heavy atom. The average Bonchev–Trinajstić information content (AvgIpc) is 3.25. The van der Waals surface area contributed by atoms with E-state index in [1.807, 2.05) is 6.07 Å². The number of carbonyl (C=O) groups is 1. The second-order valence-electron chi connectivity index (χ2n) is 8.50. The van der Waals surface area contributed by atoms with Crippen LogP contribution in [0.1, 0.15) is 39.7 Å². The van der Waals surface area contributed by atoms with Crippen molar-refractivity contribution < 1.29 is 43.3 Å². The second kappa shape index (κ2) is 10.9. The van der Waals surface area contributed by atoms with Crippen molar-refractivity contribution in [1.82, 2.24) is 15.3 Å². The van der Waals surface area contributed by atoms with Gasteiger partial charge in [0.1, 0.15) is 0 Å². The average molecular weight is 605 g/mol. The zero-order chi connectivity index (χ0) is 25.1. The van der Waals surface area contributed by atoms with Crippen LogP contribution in [0.3, 0.4) is 0 Å². The van der Waals surface area contributed by atoms with Gasteiger partial charge in [-0.2, -0.15) is 0 Å². The maximum absolute atomic E-state index is 14.5. The summed E-state index contributed by atoms with van der Waals surface area (Å²) >= 11 is -0.713. The van der Waals surface area contributed by atoms with Crippen LogP contribution < -0.4 is 41.7 Å². The van der Waals surface area contributed by atoms with Crippen LogP contribution in [0.2, 0.25) is 0 Å². The number of aromatic amines is 1. The molecular weight excluding hydrogens is 578 g/mol. The zero-order valence-electron chi connectivity index (χ0n) is 20.0. The van der Waals surface area contributed by atoms with Gasteiger partial charge in [0.2, 0.25) is 0 Å². The molecule has 36 heavy (non-hydrogen) atoms. The third-order valence-corrected chi connectivity index (χ3v) is 8.59. The third-order valence-electron chi connectivity index (χ3n) is 6.11. The number of pyridine rings is 1. The number of para-hydroxylation sites is 1. The fourth-order valence-corrected chi connectivity index (χ4v) is 6.34. The van der Waals surface area contributed by atoms with Crippen molar-refractivity contribution in [3.8, 4) is 22.8 Å².